The Bertz CT molecular complexity index is 463. The summed E-state index contributed by atoms with van der Waals surface area (Å²) in [4.78, 5) is 9.48. The number of hydrogen-bond donors (Lipinski definition) is 3. The lowest BCUT2D eigenvalue weighted by Crippen LogP contribution is -2.52. The van der Waals surface area contributed by atoms with Crippen LogP contribution in [0.4, 0.5) is 0 Å². The van der Waals surface area contributed by atoms with E-state index in [1.165, 1.54) is 6.66 Å². The van der Waals surface area contributed by atoms with Gasteiger partial charge in [0.2, 0.25) is 0 Å². The van der Waals surface area contributed by atoms with E-state index in [1.54, 1.807) is 0 Å². The molecule has 0 aromatic rings. The van der Waals surface area contributed by atoms with Gasteiger partial charge >= 0.3 is 0 Å². The van der Waals surface area contributed by atoms with Gasteiger partial charge in [0.1, 0.15) is 19.6 Å². The molecule has 0 saturated carbocycles. The van der Waals surface area contributed by atoms with Gasteiger partial charge in [-0.05, 0) is 24.6 Å². The molecule has 0 aromatic heterocycles. The van der Waals surface area contributed by atoms with Crippen LogP contribution >= 0.6 is 7.37 Å². The van der Waals surface area contributed by atoms with Gasteiger partial charge in [-0.1, -0.05) is 20.8 Å². The first-order valence-electron chi connectivity index (χ1n) is 7.85. The van der Waals surface area contributed by atoms with Gasteiger partial charge in [0.15, 0.2) is 15.7 Å². The van der Waals surface area contributed by atoms with Gasteiger partial charge in [0, 0.05) is 18.8 Å². The van der Waals surface area contributed by atoms with E-state index in [9.17, 15) is 19.7 Å². The standard InChI is InChI=1S/C14H30BO6PSi/c1-13(2,3)23(5,6)21-10-11(17)14(9-16,20-12(10)15)7-8-22(4,18)19/h10-12,16-17H,7-9H2,1-6H3,(H,18,19)/t10?,11-,12-,14+/m1/s1. The lowest BCUT2D eigenvalue weighted by atomic mass is 9.88. The van der Waals surface area contributed by atoms with E-state index in [4.69, 9.17) is 17.0 Å². The molecule has 1 aliphatic rings. The summed E-state index contributed by atoms with van der Waals surface area (Å²) in [7, 11) is 0.506. The quantitative estimate of drug-likeness (QED) is 0.486. The average Bonchev–Trinajstić information content (AvgIpc) is 2.59. The largest absolute Gasteiger partial charge is 0.409 e. The minimum atomic E-state index is -3.28. The van der Waals surface area contributed by atoms with E-state index in [0.717, 1.165) is 0 Å². The zero-order valence-corrected chi connectivity index (χ0v) is 16.8. The maximum absolute atomic E-state index is 11.5. The molecule has 2 unspecified atom stereocenters. The topological polar surface area (TPSA) is 96.2 Å². The number of aliphatic hydroxyl groups is 2. The van der Waals surface area contributed by atoms with Crippen molar-refractivity contribution in [1.82, 2.24) is 0 Å². The van der Waals surface area contributed by atoms with Crippen molar-refractivity contribution in [3.05, 3.63) is 0 Å². The van der Waals surface area contributed by atoms with E-state index in [2.05, 4.69) is 20.8 Å². The van der Waals surface area contributed by atoms with Crippen LogP contribution in [-0.2, 0) is 13.7 Å². The van der Waals surface area contributed by atoms with Crippen LogP contribution in [0.25, 0.3) is 0 Å². The third kappa shape index (κ3) is 4.91. The Kier molecular flexibility index (Phi) is 6.41. The summed E-state index contributed by atoms with van der Waals surface area (Å²) in [5, 5.41) is 20.3. The third-order valence-electron chi connectivity index (χ3n) is 5.00. The minimum absolute atomic E-state index is 0.0417. The van der Waals surface area contributed by atoms with Gasteiger partial charge < -0.3 is 24.3 Å². The van der Waals surface area contributed by atoms with Gasteiger partial charge in [-0.15, -0.1) is 0 Å². The summed E-state index contributed by atoms with van der Waals surface area (Å²) < 4.78 is 23.3. The van der Waals surface area contributed by atoms with Crippen LogP contribution in [0.5, 0.6) is 0 Å². The molecule has 23 heavy (non-hydrogen) atoms. The molecule has 0 aromatic carbocycles. The van der Waals surface area contributed by atoms with Crippen molar-refractivity contribution < 1.29 is 28.8 Å². The average molecular weight is 364 g/mol. The highest BCUT2D eigenvalue weighted by molar-refractivity contribution is 7.57. The van der Waals surface area contributed by atoms with E-state index >= 15 is 0 Å². The molecule has 0 aliphatic carbocycles. The fraction of sp³-hybridized carbons (Fsp3) is 1.00. The van der Waals surface area contributed by atoms with Crippen LogP contribution in [0, 0.1) is 0 Å². The lowest BCUT2D eigenvalue weighted by molar-refractivity contribution is -0.101. The molecule has 134 valence electrons. The van der Waals surface area contributed by atoms with Crippen molar-refractivity contribution in [2.45, 2.75) is 69.1 Å². The molecule has 1 saturated heterocycles. The molecule has 3 N–H and O–H groups in total. The van der Waals surface area contributed by atoms with Gasteiger partial charge in [0.25, 0.3) is 0 Å². The van der Waals surface area contributed by atoms with Crippen LogP contribution in [-0.4, -0.2) is 74.5 Å². The van der Waals surface area contributed by atoms with Crippen molar-refractivity contribution in [1.29, 1.82) is 0 Å². The second-order valence-corrected chi connectivity index (χ2v) is 15.4. The maximum atomic E-state index is 11.5. The molecule has 1 rings (SSSR count). The van der Waals surface area contributed by atoms with Crippen molar-refractivity contribution in [3.8, 4) is 0 Å². The molecule has 1 heterocycles. The van der Waals surface area contributed by atoms with Gasteiger partial charge in [-0.25, -0.2) is 0 Å². The zero-order valence-electron chi connectivity index (χ0n) is 14.9. The molecule has 1 fully saturated rings. The normalized spacial score (nSPS) is 35.3. The number of rotatable bonds is 6. The van der Waals surface area contributed by atoms with E-state index in [-0.39, 0.29) is 17.6 Å². The molecule has 9 heteroatoms. The second kappa shape index (κ2) is 6.90. The Hall–Kier alpha value is 0.312. The maximum Gasteiger partial charge on any atom is 0.197 e. The molecule has 0 bridgehead atoms. The van der Waals surface area contributed by atoms with Gasteiger partial charge in [-0.2, -0.15) is 0 Å². The minimum Gasteiger partial charge on any atom is -0.409 e. The first-order valence-corrected chi connectivity index (χ1v) is 13.0. The van der Waals surface area contributed by atoms with Gasteiger partial charge in [-0.3, -0.25) is 4.57 Å². The summed E-state index contributed by atoms with van der Waals surface area (Å²) in [6, 6.07) is -0.888. The van der Waals surface area contributed by atoms with E-state index in [1.807, 2.05) is 13.1 Å². The predicted molar refractivity (Wildman–Crippen MR) is 93.8 cm³/mol. The highest BCUT2D eigenvalue weighted by atomic mass is 31.2. The van der Waals surface area contributed by atoms with Crippen molar-refractivity contribution in [2.24, 2.45) is 0 Å². The lowest BCUT2D eigenvalue weighted by Gasteiger charge is -2.40. The highest BCUT2D eigenvalue weighted by Gasteiger charge is 2.55. The summed E-state index contributed by atoms with van der Waals surface area (Å²) in [5.74, 6) is 0. The summed E-state index contributed by atoms with van der Waals surface area (Å²) >= 11 is 0. The summed E-state index contributed by atoms with van der Waals surface area (Å²) in [6.07, 6.45) is -1.94. The zero-order chi connectivity index (χ0) is 18.3. The second-order valence-electron chi connectivity index (χ2n) is 8.12. The van der Waals surface area contributed by atoms with Crippen LogP contribution in [0.2, 0.25) is 18.1 Å². The monoisotopic (exact) mass is 364 g/mol. The fourth-order valence-electron chi connectivity index (χ4n) is 2.35. The highest BCUT2D eigenvalue weighted by Crippen LogP contribution is 2.44. The van der Waals surface area contributed by atoms with Crippen LogP contribution in [0.1, 0.15) is 27.2 Å². The predicted octanol–water partition coefficient (Wildman–Crippen LogP) is 1.28. The molecular weight excluding hydrogens is 334 g/mol. The molecular formula is C14H30BO6PSi. The Morgan fingerprint density at radius 2 is 1.91 bits per heavy atom. The molecule has 5 atom stereocenters. The molecule has 6 nitrogen and oxygen atoms in total. The Morgan fingerprint density at radius 3 is 2.30 bits per heavy atom. The van der Waals surface area contributed by atoms with E-state index < -0.39 is 46.1 Å². The van der Waals surface area contributed by atoms with Crippen LogP contribution in [0.15, 0.2) is 0 Å². The van der Waals surface area contributed by atoms with Crippen LogP contribution < -0.4 is 0 Å². The Balaban J connectivity index is 2.96. The molecule has 0 amide bonds. The van der Waals surface area contributed by atoms with Crippen molar-refractivity contribution in [3.63, 3.8) is 0 Å². The van der Waals surface area contributed by atoms with Gasteiger partial charge in [0.05, 0.1) is 12.7 Å². The summed E-state index contributed by atoms with van der Waals surface area (Å²) in [6.45, 7) is 11.1. The van der Waals surface area contributed by atoms with Crippen molar-refractivity contribution >= 4 is 23.5 Å². The first kappa shape index (κ1) is 21.4. The van der Waals surface area contributed by atoms with Crippen molar-refractivity contribution in [2.75, 3.05) is 19.4 Å². The third-order valence-corrected chi connectivity index (χ3v) is 10.5. The SMILES string of the molecule is [B][C@@H]1O[C@](CO)(CCP(C)(=O)O)[C@H](O)C1O[Si](C)(C)C(C)(C)C. The van der Waals surface area contributed by atoms with Crippen LogP contribution in [0.3, 0.4) is 0 Å². The number of ether oxygens (including phenoxy) is 1. The Labute approximate surface area is 141 Å². The number of hydrogen-bond acceptors (Lipinski definition) is 5. The summed E-state index contributed by atoms with van der Waals surface area (Å²) in [5.41, 5.74) is -1.36. The molecule has 0 spiro atoms. The molecule has 1 aliphatic heterocycles. The van der Waals surface area contributed by atoms with E-state index in [0.29, 0.717) is 0 Å². The fourth-order valence-corrected chi connectivity index (χ4v) is 4.44. The number of aliphatic hydroxyl groups excluding tert-OH is 2. The smallest absolute Gasteiger partial charge is 0.197 e. The molecule has 2 radical (unpaired) electrons. The Morgan fingerprint density at radius 1 is 1.39 bits per heavy atom. The first-order chi connectivity index (χ1) is 10.2.